The molecule has 0 saturated carbocycles. The number of thiazole rings is 1. The van der Waals surface area contributed by atoms with Crippen LogP contribution in [0.15, 0.2) is 72.8 Å². The summed E-state index contributed by atoms with van der Waals surface area (Å²) in [4.78, 5) is 33.2. The molecule has 4 aromatic rings. The molecule has 3 aromatic carbocycles. The number of carbonyl (C=O) groups excluding carboxylic acids is 2. The molecular formula is C29H31N3O5S. The molecule has 0 aliphatic heterocycles. The van der Waals surface area contributed by atoms with Crippen molar-refractivity contribution < 1.29 is 23.8 Å². The fourth-order valence-corrected chi connectivity index (χ4v) is 4.65. The largest absolute Gasteiger partial charge is 0.492 e. The van der Waals surface area contributed by atoms with Gasteiger partial charge in [-0.25, -0.2) is 9.78 Å². The molecule has 0 N–H and O–H groups in total. The fraction of sp³-hybridized carbons (Fsp3) is 0.276. The Morgan fingerprint density at radius 2 is 1.76 bits per heavy atom. The molecule has 0 bridgehead atoms. The molecule has 0 saturated heterocycles. The number of amides is 1. The number of anilines is 1. The van der Waals surface area contributed by atoms with Crippen LogP contribution in [0, 0.1) is 6.92 Å². The number of carbonyl (C=O) groups is 2. The summed E-state index contributed by atoms with van der Waals surface area (Å²) < 4.78 is 17.7. The molecule has 38 heavy (non-hydrogen) atoms. The predicted octanol–water partition coefficient (Wildman–Crippen LogP) is 5.68. The maximum Gasteiger partial charge on any atom is 0.416 e. The van der Waals surface area contributed by atoms with Gasteiger partial charge in [0.1, 0.15) is 24.7 Å². The SMILES string of the molecule is CCOC(=O)CN(Cc1cccc(OCCN(C)c2nc3ccccc3s2)c1)C(=O)Oc1ccc(C)cc1. The lowest BCUT2D eigenvalue weighted by Crippen LogP contribution is -2.38. The van der Waals surface area contributed by atoms with Gasteiger partial charge in [-0.1, -0.05) is 53.3 Å². The zero-order valence-electron chi connectivity index (χ0n) is 21.8. The van der Waals surface area contributed by atoms with E-state index in [1.165, 1.54) is 4.90 Å². The first-order valence-electron chi connectivity index (χ1n) is 12.4. The van der Waals surface area contributed by atoms with Gasteiger partial charge in [-0.2, -0.15) is 0 Å². The van der Waals surface area contributed by atoms with Crippen LogP contribution in [-0.2, 0) is 16.1 Å². The summed E-state index contributed by atoms with van der Waals surface area (Å²) in [5.74, 6) is 0.575. The highest BCUT2D eigenvalue weighted by atomic mass is 32.1. The molecule has 0 atom stereocenters. The van der Waals surface area contributed by atoms with E-state index in [-0.39, 0.29) is 19.7 Å². The van der Waals surface area contributed by atoms with E-state index in [0.29, 0.717) is 24.7 Å². The van der Waals surface area contributed by atoms with Crippen molar-refractivity contribution in [3.63, 3.8) is 0 Å². The minimum absolute atomic E-state index is 0.159. The summed E-state index contributed by atoms with van der Waals surface area (Å²) in [6.07, 6.45) is -0.634. The number of aromatic nitrogens is 1. The van der Waals surface area contributed by atoms with E-state index in [9.17, 15) is 9.59 Å². The Bertz CT molecular complexity index is 1340. The number of likely N-dealkylation sites (N-methyl/N-ethyl adjacent to an activating group) is 1. The first-order valence-corrected chi connectivity index (χ1v) is 13.2. The molecule has 0 unspecified atom stereocenters. The van der Waals surface area contributed by atoms with Crippen LogP contribution in [0.5, 0.6) is 11.5 Å². The second-order valence-electron chi connectivity index (χ2n) is 8.72. The molecule has 0 radical (unpaired) electrons. The van der Waals surface area contributed by atoms with Crippen LogP contribution in [0.4, 0.5) is 9.93 Å². The normalized spacial score (nSPS) is 10.7. The van der Waals surface area contributed by atoms with Gasteiger partial charge in [0, 0.05) is 13.6 Å². The topological polar surface area (TPSA) is 81.2 Å². The molecule has 198 valence electrons. The van der Waals surface area contributed by atoms with Crippen molar-refractivity contribution in [1.82, 2.24) is 9.88 Å². The summed E-state index contributed by atoms with van der Waals surface area (Å²) in [7, 11) is 1.99. The number of ether oxygens (including phenoxy) is 3. The highest BCUT2D eigenvalue weighted by molar-refractivity contribution is 7.22. The third-order valence-corrected chi connectivity index (χ3v) is 6.84. The number of para-hydroxylation sites is 1. The minimum Gasteiger partial charge on any atom is -0.492 e. The van der Waals surface area contributed by atoms with Crippen molar-refractivity contribution in [2.45, 2.75) is 20.4 Å². The Hall–Kier alpha value is -4.11. The van der Waals surface area contributed by atoms with Crippen LogP contribution < -0.4 is 14.4 Å². The lowest BCUT2D eigenvalue weighted by atomic mass is 10.2. The fourth-order valence-electron chi connectivity index (χ4n) is 3.69. The highest BCUT2D eigenvalue weighted by Crippen LogP contribution is 2.27. The summed E-state index contributed by atoms with van der Waals surface area (Å²) in [5, 5.41) is 0.935. The van der Waals surface area contributed by atoms with Crippen molar-refractivity contribution in [3.8, 4) is 11.5 Å². The Kier molecular flexibility index (Phi) is 9.16. The van der Waals surface area contributed by atoms with E-state index in [4.69, 9.17) is 14.2 Å². The summed E-state index contributed by atoms with van der Waals surface area (Å²) in [6, 6.07) is 22.7. The molecule has 0 fully saturated rings. The van der Waals surface area contributed by atoms with Crippen molar-refractivity contribution >= 4 is 38.7 Å². The number of fused-ring (bicyclic) bond motifs is 1. The first kappa shape index (κ1) is 26.9. The van der Waals surface area contributed by atoms with Crippen LogP contribution in [0.3, 0.4) is 0 Å². The first-order chi connectivity index (χ1) is 18.4. The molecule has 0 aliphatic rings. The Balaban J connectivity index is 1.37. The molecule has 0 aliphatic carbocycles. The van der Waals surface area contributed by atoms with Crippen LogP contribution >= 0.6 is 11.3 Å². The molecule has 4 rings (SSSR count). The molecule has 1 heterocycles. The van der Waals surface area contributed by atoms with Gasteiger partial charge in [0.15, 0.2) is 5.13 Å². The second kappa shape index (κ2) is 12.9. The van der Waals surface area contributed by atoms with E-state index in [2.05, 4.69) is 16.0 Å². The Morgan fingerprint density at radius 1 is 0.974 bits per heavy atom. The summed E-state index contributed by atoms with van der Waals surface area (Å²) in [5.41, 5.74) is 2.84. The van der Waals surface area contributed by atoms with E-state index < -0.39 is 12.1 Å². The van der Waals surface area contributed by atoms with Gasteiger partial charge in [0.2, 0.25) is 0 Å². The minimum atomic E-state index is -0.634. The van der Waals surface area contributed by atoms with E-state index >= 15 is 0 Å². The van der Waals surface area contributed by atoms with E-state index in [1.54, 1.807) is 30.4 Å². The Labute approximate surface area is 226 Å². The number of esters is 1. The van der Waals surface area contributed by atoms with Crippen molar-refractivity contribution in [3.05, 3.63) is 83.9 Å². The average molecular weight is 534 g/mol. The number of hydrogen-bond donors (Lipinski definition) is 0. The van der Waals surface area contributed by atoms with Gasteiger partial charge in [-0.3, -0.25) is 9.69 Å². The van der Waals surface area contributed by atoms with Gasteiger partial charge in [-0.05, 0) is 55.8 Å². The van der Waals surface area contributed by atoms with Crippen LogP contribution in [0.25, 0.3) is 10.2 Å². The zero-order valence-corrected chi connectivity index (χ0v) is 22.6. The van der Waals surface area contributed by atoms with Crippen molar-refractivity contribution in [2.75, 3.05) is 38.3 Å². The maximum atomic E-state index is 12.9. The second-order valence-corrected chi connectivity index (χ2v) is 9.73. The summed E-state index contributed by atoms with van der Waals surface area (Å²) in [6.45, 7) is 4.95. The van der Waals surface area contributed by atoms with Gasteiger partial charge >= 0.3 is 12.1 Å². The standard InChI is InChI=1S/C29H31N3O5S/c1-4-35-27(33)20-32(29(34)37-23-14-12-21(2)13-15-23)19-22-8-7-9-24(18-22)36-17-16-31(3)28-30-25-10-5-6-11-26(25)38-28/h5-15,18H,4,16-17,19-20H2,1-3H3. The quantitative estimate of drug-likeness (QED) is 0.229. The van der Waals surface area contributed by atoms with E-state index in [1.807, 2.05) is 68.6 Å². The summed E-state index contributed by atoms with van der Waals surface area (Å²) >= 11 is 1.65. The number of benzene rings is 3. The van der Waals surface area contributed by atoms with Crippen molar-refractivity contribution in [1.29, 1.82) is 0 Å². The highest BCUT2D eigenvalue weighted by Gasteiger charge is 2.21. The third-order valence-electron chi connectivity index (χ3n) is 5.69. The zero-order chi connectivity index (χ0) is 26.9. The molecule has 1 amide bonds. The van der Waals surface area contributed by atoms with Crippen LogP contribution in [0.1, 0.15) is 18.1 Å². The van der Waals surface area contributed by atoms with Crippen molar-refractivity contribution in [2.24, 2.45) is 0 Å². The molecule has 0 spiro atoms. The number of aryl methyl sites for hydroxylation is 1. The van der Waals surface area contributed by atoms with Crippen LogP contribution in [0.2, 0.25) is 0 Å². The van der Waals surface area contributed by atoms with E-state index in [0.717, 1.165) is 26.5 Å². The van der Waals surface area contributed by atoms with Gasteiger partial charge < -0.3 is 19.1 Å². The molecular weight excluding hydrogens is 502 g/mol. The number of hydrogen-bond acceptors (Lipinski definition) is 8. The predicted molar refractivity (Wildman–Crippen MR) is 149 cm³/mol. The third kappa shape index (κ3) is 7.45. The Morgan fingerprint density at radius 3 is 2.53 bits per heavy atom. The monoisotopic (exact) mass is 533 g/mol. The van der Waals surface area contributed by atoms with Gasteiger partial charge in [0.05, 0.1) is 23.4 Å². The van der Waals surface area contributed by atoms with Gasteiger partial charge in [0.25, 0.3) is 0 Å². The van der Waals surface area contributed by atoms with Crippen LogP contribution in [-0.4, -0.2) is 55.3 Å². The number of rotatable bonds is 11. The molecule has 9 heteroatoms. The smallest absolute Gasteiger partial charge is 0.416 e. The lowest BCUT2D eigenvalue weighted by Gasteiger charge is -2.21. The molecule has 8 nitrogen and oxygen atoms in total. The average Bonchev–Trinajstić information content (AvgIpc) is 3.35. The molecule has 1 aromatic heterocycles. The number of nitrogens with zero attached hydrogens (tertiary/aromatic N) is 3. The maximum absolute atomic E-state index is 12.9. The lowest BCUT2D eigenvalue weighted by molar-refractivity contribution is -0.144. The van der Waals surface area contributed by atoms with Gasteiger partial charge in [-0.15, -0.1) is 0 Å².